The van der Waals surface area contributed by atoms with Crippen molar-refractivity contribution in [1.29, 1.82) is 5.26 Å². The van der Waals surface area contributed by atoms with E-state index in [1.165, 1.54) is 12.1 Å². The minimum absolute atomic E-state index is 0.0325. The Kier molecular flexibility index (Phi) is 7.18. The predicted molar refractivity (Wildman–Crippen MR) is 145 cm³/mol. The minimum atomic E-state index is -5.16. The lowest BCUT2D eigenvalue weighted by molar-refractivity contribution is -0.199. The summed E-state index contributed by atoms with van der Waals surface area (Å²) in [7, 11) is -4.97. The Balaban J connectivity index is 1.36. The third-order valence-electron chi connectivity index (χ3n) is 8.90. The topological polar surface area (TPSA) is 117 Å². The lowest BCUT2D eigenvalue weighted by Crippen LogP contribution is -2.53. The van der Waals surface area contributed by atoms with Gasteiger partial charge in [0.05, 0.1) is 27.9 Å². The first-order valence-corrected chi connectivity index (χ1v) is 15.9. The summed E-state index contributed by atoms with van der Waals surface area (Å²) < 4.78 is 118. The van der Waals surface area contributed by atoms with Gasteiger partial charge in [0.2, 0.25) is 11.8 Å². The number of likely N-dealkylation sites (tertiary alicyclic amines) is 1. The van der Waals surface area contributed by atoms with E-state index in [0.29, 0.717) is 22.3 Å². The van der Waals surface area contributed by atoms with Gasteiger partial charge < -0.3 is 15.0 Å². The Morgan fingerprint density at radius 1 is 1.00 bits per heavy atom. The number of carbonyl (C=O) groups is 2. The van der Waals surface area contributed by atoms with Crippen LogP contribution in [0.15, 0.2) is 47.4 Å². The second-order valence-electron chi connectivity index (χ2n) is 12.2. The molecule has 0 unspecified atom stereocenters. The summed E-state index contributed by atoms with van der Waals surface area (Å²) in [5.41, 5.74) is -5.25. The lowest BCUT2D eigenvalue weighted by atomic mass is 10.0. The Morgan fingerprint density at radius 2 is 1.67 bits per heavy atom. The molecule has 1 heterocycles. The summed E-state index contributed by atoms with van der Waals surface area (Å²) >= 11 is 0. The van der Waals surface area contributed by atoms with Crippen molar-refractivity contribution in [3.8, 4) is 22.9 Å². The van der Waals surface area contributed by atoms with Crippen molar-refractivity contribution in [2.75, 3.05) is 6.54 Å². The molecule has 2 aromatic rings. The van der Waals surface area contributed by atoms with Gasteiger partial charge in [0, 0.05) is 12.1 Å². The molecular formula is C30H27F6N3O5S. The summed E-state index contributed by atoms with van der Waals surface area (Å²) in [6.45, 7) is -0.923. The highest BCUT2D eigenvalue weighted by molar-refractivity contribution is 7.92. The average molecular weight is 656 g/mol. The quantitative estimate of drug-likeness (QED) is 0.393. The van der Waals surface area contributed by atoms with Crippen LogP contribution in [-0.2, 0) is 25.6 Å². The van der Waals surface area contributed by atoms with E-state index in [1.807, 2.05) is 6.07 Å². The summed E-state index contributed by atoms with van der Waals surface area (Å²) in [6, 6.07) is 9.16. The predicted octanol–water partition coefficient (Wildman–Crippen LogP) is 5.17. The van der Waals surface area contributed by atoms with Crippen molar-refractivity contribution >= 4 is 21.7 Å². The molecule has 0 bridgehead atoms. The number of nitrogens with one attached hydrogen (secondary N) is 1. The zero-order valence-corrected chi connectivity index (χ0v) is 24.4. The van der Waals surface area contributed by atoms with Crippen LogP contribution in [-0.4, -0.2) is 60.8 Å². The van der Waals surface area contributed by atoms with Crippen molar-refractivity contribution in [1.82, 2.24) is 10.2 Å². The number of sulfone groups is 1. The van der Waals surface area contributed by atoms with Gasteiger partial charge in [-0.1, -0.05) is 24.3 Å². The summed E-state index contributed by atoms with van der Waals surface area (Å²) in [6.07, 6.45) is -9.99. The number of hydrogen-bond acceptors (Lipinski definition) is 6. The normalized spacial score (nSPS) is 23.6. The van der Waals surface area contributed by atoms with Gasteiger partial charge in [-0.05, 0) is 68.7 Å². The molecule has 0 radical (unpaired) electrons. The Labute approximate surface area is 254 Å². The van der Waals surface area contributed by atoms with Gasteiger partial charge >= 0.3 is 12.4 Å². The number of carbonyl (C=O) groups excluding carboxylic acids is 2. The van der Waals surface area contributed by atoms with E-state index in [-0.39, 0.29) is 24.5 Å². The van der Waals surface area contributed by atoms with Crippen molar-refractivity contribution < 1.29 is 49.1 Å². The fraction of sp³-hybridized carbons (Fsp3) is 0.500. The highest BCUT2D eigenvalue weighted by Crippen LogP contribution is 2.59. The molecule has 2 aromatic carbocycles. The summed E-state index contributed by atoms with van der Waals surface area (Å²) in [5, 5.41) is 9.93. The Hall–Kier alpha value is -3.80. The molecule has 1 saturated heterocycles. The number of nitriles is 1. The molecule has 6 rings (SSSR count). The van der Waals surface area contributed by atoms with E-state index < -0.39 is 92.5 Å². The number of para-hydroxylation sites is 1. The maximum absolute atomic E-state index is 14.4. The van der Waals surface area contributed by atoms with Crippen LogP contribution in [0.25, 0.3) is 11.1 Å². The van der Waals surface area contributed by atoms with E-state index in [9.17, 15) is 49.6 Å². The number of hydrogen-bond donors (Lipinski definition) is 1. The van der Waals surface area contributed by atoms with Crippen LogP contribution in [0.3, 0.4) is 0 Å². The molecule has 240 valence electrons. The number of halogens is 6. The molecule has 1 N–H and O–H groups in total. The Morgan fingerprint density at radius 3 is 2.22 bits per heavy atom. The number of benzene rings is 2. The van der Waals surface area contributed by atoms with E-state index in [0.717, 1.165) is 18.9 Å². The first-order valence-electron chi connectivity index (χ1n) is 14.3. The monoisotopic (exact) mass is 655 g/mol. The molecule has 15 heteroatoms. The van der Waals surface area contributed by atoms with Gasteiger partial charge in [0.25, 0.3) is 0 Å². The van der Waals surface area contributed by atoms with Gasteiger partial charge in [0.15, 0.2) is 9.84 Å². The molecule has 0 spiro atoms. The van der Waals surface area contributed by atoms with Crippen LogP contribution in [0.4, 0.5) is 26.3 Å². The van der Waals surface area contributed by atoms with Crippen LogP contribution in [0, 0.1) is 16.7 Å². The number of amides is 2. The highest BCUT2D eigenvalue weighted by Gasteiger charge is 2.70. The van der Waals surface area contributed by atoms with E-state index in [1.54, 1.807) is 18.2 Å². The van der Waals surface area contributed by atoms with Crippen molar-refractivity contribution in [3.05, 3.63) is 48.0 Å². The zero-order valence-electron chi connectivity index (χ0n) is 23.5. The minimum Gasteiger partial charge on any atom is -0.490 e. The average Bonchev–Trinajstić information content (AvgIpc) is 3.88. The van der Waals surface area contributed by atoms with E-state index in [4.69, 9.17) is 4.74 Å². The number of nitrogens with zero attached hydrogens (tertiary/aromatic N) is 2. The molecule has 4 fully saturated rings. The van der Waals surface area contributed by atoms with Gasteiger partial charge in [-0.3, -0.25) is 9.59 Å². The van der Waals surface area contributed by atoms with Gasteiger partial charge in [-0.15, -0.1) is 0 Å². The second-order valence-corrected chi connectivity index (χ2v) is 14.4. The van der Waals surface area contributed by atoms with E-state index >= 15 is 0 Å². The van der Waals surface area contributed by atoms with E-state index in [2.05, 4.69) is 5.32 Å². The van der Waals surface area contributed by atoms with Crippen LogP contribution in [0.2, 0.25) is 0 Å². The molecular weight excluding hydrogens is 628 g/mol. The largest absolute Gasteiger partial charge is 0.490 e. The van der Waals surface area contributed by atoms with Crippen molar-refractivity contribution in [3.63, 3.8) is 0 Å². The molecule has 0 aromatic heterocycles. The van der Waals surface area contributed by atoms with Crippen LogP contribution in [0.1, 0.15) is 50.5 Å². The Bertz CT molecular complexity index is 1710. The fourth-order valence-corrected chi connectivity index (χ4v) is 7.63. The maximum atomic E-state index is 14.4. The number of alkyl halides is 6. The molecule has 1 aliphatic heterocycles. The van der Waals surface area contributed by atoms with Gasteiger partial charge in [0.1, 0.15) is 22.7 Å². The number of rotatable bonds is 8. The third kappa shape index (κ3) is 5.62. The molecule has 45 heavy (non-hydrogen) atoms. The number of ether oxygens (including phenoxy) is 1. The van der Waals surface area contributed by atoms with Crippen LogP contribution < -0.4 is 10.1 Å². The molecule has 3 aliphatic carbocycles. The first kappa shape index (κ1) is 31.2. The first-order chi connectivity index (χ1) is 21.0. The molecule has 3 saturated carbocycles. The SMILES string of the molecule is N#CC1(NC(=O)[C@@H]2C[C@@H](S(=O)(=O)c3ccc(-c4ccccc4OC4CC4)cc3C(F)(F)F)CN2C(=O)C2(C(F)(F)F)CC2)CC1. The van der Waals surface area contributed by atoms with Crippen LogP contribution >= 0.6 is 0 Å². The second kappa shape index (κ2) is 10.4. The smallest absolute Gasteiger partial charge is 0.417 e. The summed E-state index contributed by atoms with van der Waals surface area (Å²) in [5.74, 6) is -2.21. The van der Waals surface area contributed by atoms with Crippen molar-refractivity contribution in [2.45, 2.75) is 85.1 Å². The van der Waals surface area contributed by atoms with Crippen LogP contribution in [0.5, 0.6) is 5.75 Å². The molecule has 2 atom stereocenters. The third-order valence-corrected chi connectivity index (χ3v) is 11.1. The lowest BCUT2D eigenvalue weighted by Gasteiger charge is -2.29. The molecule has 4 aliphatic rings. The maximum Gasteiger partial charge on any atom is 0.417 e. The molecule has 8 nitrogen and oxygen atoms in total. The van der Waals surface area contributed by atoms with Crippen molar-refractivity contribution in [2.24, 2.45) is 5.41 Å². The van der Waals surface area contributed by atoms with Gasteiger partial charge in [-0.25, -0.2) is 8.42 Å². The summed E-state index contributed by atoms with van der Waals surface area (Å²) in [4.78, 5) is 25.9. The highest BCUT2D eigenvalue weighted by atomic mass is 32.2. The molecule has 2 amide bonds. The fourth-order valence-electron chi connectivity index (χ4n) is 5.74. The standard InChI is InChI=1S/C30H27F6N3O5S/c31-29(32,33)21-13-17(20-3-1-2-4-23(20)44-18-6-7-18)5-8-24(21)45(42,43)19-14-22(25(40)38-27(16-37)9-10-27)39(15-19)26(41)28(11-12-28)30(34,35)36/h1-5,8,13,18-19,22H,6-7,9-12,14-15H2,(H,38,40)/t19-,22+/m1/s1. The van der Waals surface area contributed by atoms with Gasteiger partial charge in [-0.2, -0.15) is 31.6 Å². The zero-order chi connectivity index (χ0) is 32.6.